The Kier molecular flexibility index (Phi) is 9.05. The highest BCUT2D eigenvalue weighted by Gasteiger charge is 2.34. The van der Waals surface area contributed by atoms with Gasteiger partial charge in [-0.25, -0.2) is 0 Å². The lowest BCUT2D eigenvalue weighted by Crippen LogP contribution is -2.33. The van der Waals surface area contributed by atoms with E-state index in [1.165, 1.54) is 24.0 Å². The first-order valence-electron chi connectivity index (χ1n) is 12.3. The smallest absolute Gasteiger partial charge is 0.271 e. The van der Waals surface area contributed by atoms with E-state index in [1.54, 1.807) is 36.4 Å². The van der Waals surface area contributed by atoms with Crippen LogP contribution in [-0.4, -0.2) is 47.2 Å². The van der Waals surface area contributed by atoms with E-state index in [0.717, 1.165) is 5.69 Å². The fraction of sp³-hybridized carbons (Fsp3) is 0.222. The first kappa shape index (κ1) is 29.0. The minimum atomic E-state index is -0.511. The number of benzene rings is 3. The van der Waals surface area contributed by atoms with Crippen LogP contribution in [0.15, 0.2) is 73.8 Å². The van der Waals surface area contributed by atoms with Crippen LogP contribution in [-0.2, 0) is 4.79 Å². The number of fused-ring (bicyclic) bond motifs is 1. The maximum atomic E-state index is 12.7. The predicted molar refractivity (Wildman–Crippen MR) is 158 cm³/mol. The third kappa shape index (κ3) is 6.26. The molecule has 0 aromatic heterocycles. The van der Waals surface area contributed by atoms with Gasteiger partial charge in [-0.3, -0.25) is 29.4 Å². The second-order valence-electron chi connectivity index (χ2n) is 8.84. The number of carbonyl (C=O) groups is 3. The third-order valence-electron chi connectivity index (χ3n) is 6.20. The van der Waals surface area contributed by atoms with Crippen molar-refractivity contribution in [1.29, 1.82) is 0 Å². The highest BCUT2D eigenvalue weighted by molar-refractivity contribution is 9.11. The largest absolute Gasteiger partial charge is 0.372 e. The summed E-state index contributed by atoms with van der Waals surface area (Å²) in [7, 11) is 0. The number of halogens is 2. The Bertz CT molecular complexity index is 1490. The third-order valence-corrected chi connectivity index (χ3v) is 7.40. The summed E-state index contributed by atoms with van der Waals surface area (Å²) in [6.07, 6.45) is 0.554. The topological polar surface area (TPSA) is 138 Å². The molecule has 0 fully saturated rings. The lowest BCUT2D eigenvalue weighted by atomic mass is 10.1. The monoisotopic (exact) mass is 670 g/mol. The van der Waals surface area contributed by atoms with E-state index in [4.69, 9.17) is 0 Å². The minimum absolute atomic E-state index is 0.108. The van der Waals surface area contributed by atoms with E-state index >= 15 is 0 Å². The Morgan fingerprint density at radius 3 is 2.20 bits per heavy atom. The van der Waals surface area contributed by atoms with Gasteiger partial charge in [-0.2, -0.15) is 0 Å². The van der Waals surface area contributed by atoms with Gasteiger partial charge in [0.25, 0.3) is 17.5 Å². The quantitative estimate of drug-likeness (QED) is 0.107. The molecule has 1 aliphatic rings. The number of imide groups is 1. The van der Waals surface area contributed by atoms with Crippen molar-refractivity contribution in [2.45, 2.75) is 20.3 Å². The molecule has 3 aromatic rings. The van der Waals surface area contributed by atoms with E-state index in [-0.39, 0.29) is 30.0 Å². The minimum Gasteiger partial charge on any atom is -0.372 e. The Morgan fingerprint density at radius 1 is 1.02 bits per heavy atom. The van der Waals surface area contributed by atoms with Gasteiger partial charge >= 0.3 is 0 Å². The van der Waals surface area contributed by atoms with Gasteiger partial charge in [-0.05, 0) is 75.5 Å². The number of carbonyl (C=O) groups excluding carboxylic acids is 3. The maximum absolute atomic E-state index is 12.7. The second kappa shape index (κ2) is 12.5. The highest BCUT2D eigenvalue weighted by Crippen LogP contribution is 2.39. The van der Waals surface area contributed by atoms with Gasteiger partial charge in [0.1, 0.15) is 11.4 Å². The molecule has 0 unspecified atom stereocenters. The Labute approximate surface area is 246 Å². The van der Waals surface area contributed by atoms with Crippen molar-refractivity contribution in [3.8, 4) is 0 Å². The number of nitrogens with zero attached hydrogens (tertiary/aromatic N) is 5. The predicted octanol–water partition coefficient (Wildman–Crippen LogP) is 7.01. The highest BCUT2D eigenvalue weighted by atomic mass is 79.9. The molecule has 0 saturated carbocycles. The molecule has 1 N–H and O–H groups in total. The lowest BCUT2D eigenvalue weighted by molar-refractivity contribution is -0.385. The summed E-state index contributed by atoms with van der Waals surface area (Å²) in [5.41, 5.74) is 2.73. The molecule has 206 valence electrons. The molecule has 0 atom stereocenters. The first-order valence-corrected chi connectivity index (χ1v) is 13.9. The number of nitro benzene ring substituents is 1. The number of hydrogen-bond donors (Lipinski definition) is 1. The number of amides is 3. The van der Waals surface area contributed by atoms with Crippen molar-refractivity contribution >= 4 is 78.0 Å². The van der Waals surface area contributed by atoms with Crippen LogP contribution >= 0.6 is 31.9 Å². The molecule has 4 rings (SSSR count). The summed E-state index contributed by atoms with van der Waals surface area (Å²) in [5, 5.41) is 22.4. The number of anilines is 2. The SMILES string of the molecule is CCN(CCCN1C(=O)c2ccccc2C1=O)c1ccc(N=Nc2c(Br)cc([N+](=O)[O-])cc2Br)c(NC(C)=O)c1. The standard InChI is InChI=1S/C27H24Br2N6O5/c1-3-33(11-6-12-34-26(37)19-7-4-5-8-20(19)27(34)38)17-9-10-23(24(15-17)30-16(2)36)31-32-25-21(28)13-18(35(39)40)14-22(25)29/h4-5,7-10,13-15H,3,6,11-12H2,1-2H3,(H,30,36). The zero-order valence-corrected chi connectivity index (χ0v) is 24.7. The molecular weight excluding hydrogens is 648 g/mol. The van der Waals surface area contributed by atoms with Gasteiger partial charge in [0.2, 0.25) is 5.91 Å². The average Bonchev–Trinajstić information content (AvgIpc) is 3.15. The van der Waals surface area contributed by atoms with E-state index in [9.17, 15) is 24.5 Å². The van der Waals surface area contributed by atoms with Crippen LogP contribution in [0.5, 0.6) is 0 Å². The molecule has 3 amide bonds. The zero-order valence-electron chi connectivity index (χ0n) is 21.6. The van der Waals surface area contributed by atoms with Crippen LogP contribution in [0.3, 0.4) is 0 Å². The summed E-state index contributed by atoms with van der Waals surface area (Å²) < 4.78 is 0.760. The van der Waals surface area contributed by atoms with Crippen molar-refractivity contribution < 1.29 is 19.3 Å². The van der Waals surface area contributed by atoms with E-state index in [0.29, 0.717) is 56.6 Å². The molecule has 0 radical (unpaired) electrons. The fourth-order valence-corrected chi connectivity index (χ4v) is 5.61. The Hall–Kier alpha value is -3.97. The lowest BCUT2D eigenvalue weighted by Gasteiger charge is -2.25. The number of hydrogen-bond acceptors (Lipinski definition) is 8. The van der Waals surface area contributed by atoms with Crippen LogP contribution in [0.2, 0.25) is 0 Å². The van der Waals surface area contributed by atoms with Crippen LogP contribution in [0, 0.1) is 10.1 Å². The molecule has 3 aromatic carbocycles. The normalized spacial score (nSPS) is 12.7. The van der Waals surface area contributed by atoms with E-state index in [2.05, 4.69) is 52.3 Å². The van der Waals surface area contributed by atoms with Gasteiger partial charge in [-0.1, -0.05) is 12.1 Å². The second-order valence-corrected chi connectivity index (χ2v) is 10.5. The molecule has 40 heavy (non-hydrogen) atoms. The number of rotatable bonds is 10. The number of azo groups is 1. The molecule has 1 heterocycles. The van der Waals surface area contributed by atoms with Crippen LogP contribution in [0.25, 0.3) is 0 Å². The average molecular weight is 672 g/mol. The van der Waals surface area contributed by atoms with Gasteiger partial charge in [0.15, 0.2) is 0 Å². The van der Waals surface area contributed by atoms with Crippen LogP contribution in [0.1, 0.15) is 41.0 Å². The molecule has 0 bridgehead atoms. The van der Waals surface area contributed by atoms with Crippen LogP contribution < -0.4 is 10.2 Å². The van der Waals surface area contributed by atoms with Gasteiger partial charge < -0.3 is 10.2 Å². The molecule has 11 nitrogen and oxygen atoms in total. The zero-order chi connectivity index (χ0) is 29.0. The number of nitrogens with one attached hydrogen (secondary N) is 1. The molecule has 13 heteroatoms. The number of nitro groups is 1. The summed E-state index contributed by atoms with van der Waals surface area (Å²) in [5.74, 6) is -0.852. The summed E-state index contributed by atoms with van der Waals surface area (Å²) >= 11 is 6.59. The maximum Gasteiger partial charge on any atom is 0.271 e. The molecule has 1 aliphatic heterocycles. The summed E-state index contributed by atoms with van der Waals surface area (Å²) in [4.78, 5) is 51.2. The molecule has 0 saturated heterocycles. The fourth-order valence-electron chi connectivity index (χ4n) is 4.29. The van der Waals surface area contributed by atoms with Gasteiger partial charge in [0, 0.05) is 44.4 Å². The first-order chi connectivity index (χ1) is 19.1. The van der Waals surface area contributed by atoms with Gasteiger partial charge in [0.05, 0.1) is 30.7 Å². The molecular formula is C27H24Br2N6O5. The van der Waals surface area contributed by atoms with Crippen molar-refractivity contribution in [3.05, 3.63) is 84.8 Å². The molecule has 0 aliphatic carbocycles. The van der Waals surface area contributed by atoms with Crippen molar-refractivity contribution in [2.24, 2.45) is 10.2 Å². The Morgan fingerprint density at radius 2 is 1.65 bits per heavy atom. The van der Waals surface area contributed by atoms with E-state index in [1.807, 2.05) is 13.0 Å². The van der Waals surface area contributed by atoms with E-state index < -0.39 is 4.92 Å². The van der Waals surface area contributed by atoms with Gasteiger partial charge in [-0.15, -0.1) is 10.2 Å². The number of non-ortho nitro benzene ring substituents is 1. The van der Waals surface area contributed by atoms with Crippen LogP contribution in [0.4, 0.5) is 28.4 Å². The Balaban J connectivity index is 1.50. The van der Waals surface area contributed by atoms with Crippen molar-refractivity contribution in [3.63, 3.8) is 0 Å². The molecule has 0 spiro atoms. The van der Waals surface area contributed by atoms with Crippen molar-refractivity contribution in [1.82, 2.24) is 4.90 Å². The van der Waals surface area contributed by atoms with Crippen molar-refractivity contribution in [2.75, 3.05) is 29.9 Å². The summed E-state index contributed by atoms with van der Waals surface area (Å²) in [6.45, 7) is 4.86. The summed E-state index contributed by atoms with van der Waals surface area (Å²) in [6, 6.07) is 14.8.